The molecule has 1 aromatic heterocycles. The van der Waals surface area contributed by atoms with Crippen LogP contribution in [-0.4, -0.2) is 29.0 Å². The van der Waals surface area contributed by atoms with Crippen LogP contribution in [0.2, 0.25) is 0 Å². The molecular formula is C12H21N3O. The summed E-state index contributed by atoms with van der Waals surface area (Å²) >= 11 is 0. The van der Waals surface area contributed by atoms with E-state index < -0.39 is 0 Å². The van der Waals surface area contributed by atoms with Crippen molar-refractivity contribution in [2.24, 2.45) is 13.0 Å². The zero-order valence-electron chi connectivity index (χ0n) is 10.3. The van der Waals surface area contributed by atoms with Gasteiger partial charge in [-0.1, -0.05) is 0 Å². The molecule has 1 fully saturated rings. The van der Waals surface area contributed by atoms with Gasteiger partial charge >= 0.3 is 0 Å². The second-order valence-corrected chi connectivity index (χ2v) is 4.70. The summed E-state index contributed by atoms with van der Waals surface area (Å²) in [7, 11) is 1.95. The molecule has 90 valence electrons. The van der Waals surface area contributed by atoms with Crippen LogP contribution >= 0.6 is 0 Å². The molecule has 3 unspecified atom stereocenters. The molecule has 4 nitrogen and oxygen atoms in total. The molecular weight excluding hydrogens is 202 g/mol. The molecule has 3 atom stereocenters. The van der Waals surface area contributed by atoms with E-state index in [-0.39, 0.29) is 0 Å². The summed E-state index contributed by atoms with van der Waals surface area (Å²) in [6, 6.07) is 0.362. The lowest BCUT2D eigenvalue weighted by Gasteiger charge is -2.18. The lowest BCUT2D eigenvalue weighted by Crippen LogP contribution is -2.29. The predicted molar refractivity (Wildman–Crippen MR) is 63.1 cm³/mol. The topological polar surface area (TPSA) is 39.1 Å². The van der Waals surface area contributed by atoms with Gasteiger partial charge in [-0.25, -0.2) is 0 Å². The van der Waals surface area contributed by atoms with Gasteiger partial charge in [0.25, 0.3) is 0 Å². The van der Waals surface area contributed by atoms with Crippen molar-refractivity contribution in [3.63, 3.8) is 0 Å². The molecule has 2 heterocycles. The van der Waals surface area contributed by atoms with Crippen molar-refractivity contribution < 1.29 is 4.74 Å². The first-order valence-electron chi connectivity index (χ1n) is 6.00. The molecule has 0 aromatic carbocycles. The van der Waals surface area contributed by atoms with Gasteiger partial charge in [-0.2, -0.15) is 5.10 Å². The molecule has 1 aliphatic heterocycles. The first-order chi connectivity index (χ1) is 7.66. The maximum absolute atomic E-state index is 5.55. The summed E-state index contributed by atoms with van der Waals surface area (Å²) < 4.78 is 7.39. The maximum atomic E-state index is 5.55. The third kappa shape index (κ3) is 2.62. The van der Waals surface area contributed by atoms with Crippen LogP contribution in [0.25, 0.3) is 0 Å². The van der Waals surface area contributed by atoms with Gasteiger partial charge < -0.3 is 10.1 Å². The number of hydrogen-bond acceptors (Lipinski definition) is 3. The minimum Gasteiger partial charge on any atom is -0.378 e. The number of ether oxygens (including phenoxy) is 1. The van der Waals surface area contributed by atoms with Crippen molar-refractivity contribution in [1.29, 1.82) is 0 Å². The van der Waals surface area contributed by atoms with Crippen LogP contribution in [0.15, 0.2) is 12.4 Å². The fourth-order valence-electron chi connectivity index (χ4n) is 2.15. The van der Waals surface area contributed by atoms with Crippen molar-refractivity contribution in [2.45, 2.75) is 32.4 Å². The highest BCUT2D eigenvalue weighted by atomic mass is 16.5. The Hall–Kier alpha value is -0.870. The molecule has 4 heteroatoms. The van der Waals surface area contributed by atoms with E-state index in [1.165, 1.54) is 12.0 Å². The number of rotatable bonds is 4. The zero-order valence-corrected chi connectivity index (χ0v) is 10.3. The van der Waals surface area contributed by atoms with Crippen LogP contribution in [0.5, 0.6) is 0 Å². The normalized spacial score (nSPS) is 27.2. The van der Waals surface area contributed by atoms with E-state index in [1.54, 1.807) is 0 Å². The molecule has 0 amide bonds. The molecule has 0 aliphatic carbocycles. The van der Waals surface area contributed by atoms with E-state index in [4.69, 9.17) is 4.74 Å². The summed E-state index contributed by atoms with van der Waals surface area (Å²) in [4.78, 5) is 0. The Kier molecular flexibility index (Phi) is 3.61. The van der Waals surface area contributed by atoms with Gasteiger partial charge in [-0.3, -0.25) is 4.68 Å². The number of aromatic nitrogens is 2. The number of nitrogens with zero attached hydrogens (tertiary/aromatic N) is 2. The molecule has 0 spiro atoms. The fraction of sp³-hybridized carbons (Fsp3) is 0.750. The third-order valence-electron chi connectivity index (χ3n) is 3.44. The average Bonchev–Trinajstić information content (AvgIpc) is 2.84. The Labute approximate surface area is 97.0 Å². The third-order valence-corrected chi connectivity index (χ3v) is 3.44. The summed E-state index contributed by atoms with van der Waals surface area (Å²) in [5.74, 6) is 0.652. The van der Waals surface area contributed by atoms with E-state index >= 15 is 0 Å². The highest BCUT2D eigenvalue weighted by molar-refractivity contribution is 5.08. The van der Waals surface area contributed by atoms with Gasteiger partial charge in [0, 0.05) is 38.0 Å². The van der Waals surface area contributed by atoms with Crippen molar-refractivity contribution in [2.75, 3.05) is 13.2 Å². The van der Waals surface area contributed by atoms with E-state index in [2.05, 4.69) is 30.5 Å². The molecule has 0 saturated carbocycles. The SMILES string of the molecule is CC(NCC1CCOC1C)c1cnn(C)c1. The van der Waals surface area contributed by atoms with Crippen LogP contribution in [-0.2, 0) is 11.8 Å². The summed E-state index contributed by atoms with van der Waals surface area (Å²) in [5, 5.41) is 7.74. The molecule has 1 N–H and O–H groups in total. The Bertz CT molecular complexity index is 337. The Morgan fingerprint density at radius 2 is 2.50 bits per heavy atom. The Morgan fingerprint density at radius 1 is 1.69 bits per heavy atom. The van der Waals surface area contributed by atoms with Crippen molar-refractivity contribution in [3.05, 3.63) is 18.0 Å². The number of aryl methyl sites for hydroxylation is 1. The predicted octanol–water partition coefficient (Wildman–Crippen LogP) is 1.50. The first kappa shape index (κ1) is 11.6. The van der Waals surface area contributed by atoms with Gasteiger partial charge in [0.15, 0.2) is 0 Å². The average molecular weight is 223 g/mol. The van der Waals surface area contributed by atoms with E-state index in [9.17, 15) is 0 Å². The second-order valence-electron chi connectivity index (χ2n) is 4.70. The maximum Gasteiger partial charge on any atom is 0.0588 e. The minimum atomic E-state index is 0.362. The van der Waals surface area contributed by atoms with E-state index in [0.29, 0.717) is 18.1 Å². The van der Waals surface area contributed by atoms with Gasteiger partial charge in [-0.05, 0) is 26.2 Å². The fourth-order valence-corrected chi connectivity index (χ4v) is 2.15. The van der Waals surface area contributed by atoms with Gasteiger partial charge in [0.05, 0.1) is 12.3 Å². The molecule has 2 rings (SSSR count). The quantitative estimate of drug-likeness (QED) is 0.840. The second kappa shape index (κ2) is 4.97. The van der Waals surface area contributed by atoms with Crippen molar-refractivity contribution in [3.8, 4) is 0 Å². The van der Waals surface area contributed by atoms with Gasteiger partial charge in [-0.15, -0.1) is 0 Å². The Morgan fingerprint density at radius 3 is 3.06 bits per heavy atom. The highest BCUT2D eigenvalue weighted by Crippen LogP contribution is 2.20. The number of nitrogens with one attached hydrogen (secondary N) is 1. The molecule has 16 heavy (non-hydrogen) atoms. The van der Waals surface area contributed by atoms with Crippen LogP contribution < -0.4 is 5.32 Å². The van der Waals surface area contributed by atoms with Gasteiger partial charge in [0.1, 0.15) is 0 Å². The van der Waals surface area contributed by atoms with Gasteiger partial charge in [0.2, 0.25) is 0 Å². The summed E-state index contributed by atoms with van der Waals surface area (Å²) in [6.45, 7) is 6.28. The standard InChI is InChI=1S/C12H21N3O/c1-9(12-7-14-15(3)8-12)13-6-11-4-5-16-10(11)2/h7-11,13H,4-6H2,1-3H3. The summed E-state index contributed by atoms with van der Waals surface area (Å²) in [6.07, 6.45) is 5.56. The highest BCUT2D eigenvalue weighted by Gasteiger charge is 2.24. The lowest BCUT2D eigenvalue weighted by molar-refractivity contribution is 0.105. The van der Waals surface area contributed by atoms with Crippen LogP contribution in [0, 0.1) is 5.92 Å². The minimum absolute atomic E-state index is 0.362. The van der Waals surface area contributed by atoms with E-state index in [1.807, 2.05) is 17.9 Å². The number of hydrogen-bond donors (Lipinski definition) is 1. The largest absolute Gasteiger partial charge is 0.378 e. The molecule has 1 saturated heterocycles. The van der Waals surface area contributed by atoms with E-state index in [0.717, 1.165) is 13.2 Å². The van der Waals surface area contributed by atoms with Crippen molar-refractivity contribution >= 4 is 0 Å². The Balaban J connectivity index is 1.81. The smallest absolute Gasteiger partial charge is 0.0588 e. The van der Waals surface area contributed by atoms with Crippen LogP contribution in [0.3, 0.4) is 0 Å². The molecule has 1 aromatic rings. The van der Waals surface area contributed by atoms with Crippen LogP contribution in [0.4, 0.5) is 0 Å². The molecule has 0 bridgehead atoms. The monoisotopic (exact) mass is 223 g/mol. The first-order valence-corrected chi connectivity index (χ1v) is 6.00. The lowest BCUT2D eigenvalue weighted by atomic mass is 10.0. The van der Waals surface area contributed by atoms with Crippen LogP contribution in [0.1, 0.15) is 31.9 Å². The summed E-state index contributed by atoms with van der Waals surface area (Å²) in [5.41, 5.74) is 1.24. The molecule has 1 aliphatic rings. The molecule has 0 radical (unpaired) electrons. The zero-order chi connectivity index (χ0) is 11.5. The van der Waals surface area contributed by atoms with Crippen molar-refractivity contribution in [1.82, 2.24) is 15.1 Å².